The fourth-order valence-corrected chi connectivity index (χ4v) is 10.7. The van der Waals surface area contributed by atoms with E-state index in [1.54, 1.807) is 17.8 Å². The van der Waals surface area contributed by atoms with Crippen LogP contribution in [0.15, 0.2) is 52.3 Å². The first-order valence-corrected chi connectivity index (χ1v) is 16.0. The summed E-state index contributed by atoms with van der Waals surface area (Å²) in [6.07, 6.45) is 0.695. The summed E-state index contributed by atoms with van der Waals surface area (Å²) in [4.78, 5) is 67.8. The number of ether oxygens (including phenoxy) is 2. The number of benzene rings is 2. The van der Waals surface area contributed by atoms with E-state index in [4.69, 9.17) is 9.47 Å². The predicted molar refractivity (Wildman–Crippen MR) is 161 cm³/mol. The Kier molecular flexibility index (Phi) is 7.04. The van der Waals surface area contributed by atoms with Crippen molar-refractivity contribution in [3.05, 3.63) is 68.1 Å². The van der Waals surface area contributed by atoms with Gasteiger partial charge in [-0.05, 0) is 60.4 Å². The number of carbonyl (C=O) groups is 4. The molecule has 3 heterocycles. The molecule has 6 unspecified atom stereocenters. The van der Waals surface area contributed by atoms with E-state index >= 15 is 0 Å². The third-order valence-corrected chi connectivity index (χ3v) is 12.0. The zero-order valence-electron chi connectivity index (χ0n) is 23.8. The average Bonchev–Trinajstić information content (AvgIpc) is 3.73. The number of nitrogens with zero attached hydrogens (tertiary/aromatic N) is 1. The van der Waals surface area contributed by atoms with Crippen LogP contribution in [0.25, 0.3) is 0 Å². The number of thiazole rings is 1. The number of amides is 3. The zero-order chi connectivity index (χ0) is 30.9. The molecule has 3 N–H and O–H groups in total. The van der Waals surface area contributed by atoms with Gasteiger partial charge in [0.25, 0.3) is 5.91 Å². The molecule has 0 spiro atoms. The van der Waals surface area contributed by atoms with Gasteiger partial charge in [-0.3, -0.25) is 28.9 Å². The fraction of sp³-hybridized carbons (Fsp3) is 0.387. The first-order valence-electron chi connectivity index (χ1n) is 14.3. The molecule has 3 fully saturated rings. The summed E-state index contributed by atoms with van der Waals surface area (Å²) in [5.41, 5.74) is 2.51. The normalized spacial score (nSPS) is 28.0. The molecule has 2 aromatic carbocycles. The molecule has 3 aromatic rings. The molecule has 44 heavy (non-hydrogen) atoms. The third kappa shape index (κ3) is 4.52. The minimum atomic E-state index is -1.22. The number of aromatic amines is 1. The number of anilines is 1. The molecule has 7 rings (SSSR count). The number of carboxylic acid groups (broad SMARTS) is 1. The van der Waals surface area contributed by atoms with Gasteiger partial charge in [0.05, 0.1) is 24.0 Å². The zero-order valence-corrected chi connectivity index (χ0v) is 25.4. The smallest absolute Gasteiger partial charge is 0.323 e. The van der Waals surface area contributed by atoms with Crippen molar-refractivity contribution in [3.8, 4) is 11.5 Å². The number of hydrogen-bond donors (Lipinski definition) is 3. The second-order valence-electron chi connectivity index (χ2n) is 11.7. The van der Waals surface area contributed by atoms with Gasteiger partial charge in [0.15, 0.2) is 18.1 Å². The number of nitrogens with one attached hydrogen (secondary N) is 2. The Morgan fingerprint density at radius 3 is 2.55 bits per heavy atom. The highest BCUT2D eigenvalue weighted by atomic mass is 32.2. The summed E-state index contributed by atoms with van der Waals surface area (Å²) in [7, 11) is 1.51. The van der Waals surface area contributed by atoms with Crippen molar-refractivity contribution in [3.63, 3.8) is 0 Å². The number of thioether (sulfide) groups is 1. The number of H-pyrrole nitrogens is 1. The summed E-state index contributed by atoms with van der Waals surface area (Å²) >= 11 is 2.70. The summed E-state index contributed by atoms with van der Waals surface area (Å²) in [6.45, 7) is 1.05. The molecule has 1 aromatic heterocycles. The fourth-order valence-electron chi connectivity index (χ4n) is 7.78. The highest BCUT2D eigenvalue weighted by Gasteiger charge is 2.69. The minimum Gasteiger partial charge on any atom is -0.493 e. The average molecular weight is 636 g/mol. The molecule has 2 aliphatic carbocycles. The molecule has 1 saturated heterocycles. The van der Waals surface area contributed by atoms with Crippen molar-refractivity contribution in [2.75, 3.05) is 25.6 Å². The molecule has 0 radical (unpaired) electrons. The van der Waals surface area contributed by atoms with Crippen LogP contribution in [-0.2, 0) is 19.2 Å². The van der Waals surface area contributed by atoms with Crippen LogP contribution in [0.1, 0.15) is 28.3 Å². The van der Waals surface area contributed by atoms with E-state index in [1.165, 1.54) is 7.11 Å². The molecular formula is C31H29N3O8S2. The number of aliphatic carboxylic acids is 1. The lowest BCUT2D eigenvalue weighted by Crippen LogP contribution is -2.42. The SMILES string of the molecule is COc1cc([C@H]2c3sc(=O)[nH]c3SC3C4CC(C5C(=O)N(CC(=O)O)C(=O)C45)C32)ccc1OCC(=O)Nc1ccccc1C. The molecule has 228 valence electrons. The number of hydrogen-bond acceptors (Lipinski definition) is 9. The second kappa shape index (κ2) is 10.8. The van der Waals surface area contributed by atoms with Crippen molar-refractivity contribution in [2.24, 2.45) is 29.6 Å². The number of aromatic nitrogens is 1. The summed E-state index contributed by atoms with van der Waals surface area (Å²) in [5, 5.41) is 12.9. The first kappa shape index (κ1) is 28.7. The van der Waals surface area contributed by atoms with E-state index in [0.29, 0.717) is 23.6 Å². The summed E-state index contributed by atoms with van der Waals surface area (Å²) in [6, 6.07) is 12.9. The van der Waals surface area contributed by atoms with E-state index in [2.05, 4.69) is 10.3 Å². The molecule has 3 amide bonds. The van der Waals surface area contributed by atoms with Crippen LogP contribution in [0.4, 0.5) is 5.69 Å². The van der Waals surface area contributed by atoms with Gasteiger partial charge in [-0.15, -0.1) is 11.8 Å². The molecule has 2 saturated carbocycles. The van der Waals surface area contributed by atoms with Crippen LogP contribution in [0.5, 0.6) is 11.5 Å². The van der Waals surface area contributed by atoms with E-state index in [0.717, 1.165) is 37.3 Å². The van der Waals surface area contributed by atoms with E-state index < -0.39 is 36.2 Å². The van der Waals surface area contributed by atoms with Gasteiger partial charge in [-0.2, -0.15) is 0 Å². The van der Waals surface area contributed by atoms with Gasteiger partial charge in [0.2, 0.25) is 11.8 Å². The Bertz CT molecular complexity index is 1770. The monoisotopic (exact) mass is 635 g/mol. The molecule has 2 aliphatic heterocycles. The van der Waals surface area contributed by atoms with Crippen LogP contribution in [-0.4, -0.2) is 64.2 Å². The molecule has 2 bridgehead atoms. The van der Waals surface area contributed by atoms with Gasteiger partial charge in [-0.1, -0.05) is 35.6 Å². The first-order chi connectivity index (χ1) is 21.2. The van der Waals surface area contributed by atoms with Gasteiger partial charge in [0, 0.05) is 21.7 Å². The van der Waals surface area contributed by atoms with Gasteiger partial charge in [-0.25, -0.2) is 0 Å². The number of aryl methyl sites for hydroxylation is 1. The number of para-hydroxylation sites is 1. The Balaban J connectivity index is 1.18. The third-order valence-electron chi connectivity index (χ3n) is 9.43. The number of likely N-dealkylation sites (tertiary alicyclic amines) is 1. The lowest BCUT2D eigenvalue weighted by molar-refractivity contribution is -0.149. The quantitative estimate of drug-likeness (QED) is 0.316. The maximum Gasteiger partial charge on any atom is 0.323 e. The van der Waals surface area contributed by atoms with Crippen LogP contribution in [0.3, 0.4) is 0 Å². The number of carboxylic acids is 1. The highest BCUT2D eigenvalue weighted by Crippen LogP contribution is 2.68. The van der Waals surface area contributed by atoms with E-state index in [9.17, 15) is 29.1 Å². The predicted octanol–water partition coefficient (Wildman–Crippen LogP) is 3.33. The van der Waals surface area contributed by atoms with Crippen molar-refractivity contribution in [1.29, 1.82) is 0 Å². The molecule has 13 heteroatoms. The summed E-state index contributed by atoms with van der Waals surface area (Å²) < 4.78 is 11.5. The molecule has 7 atom stereocenters. The van der Waals surface area contributed by atoms with Crippen molar-refractivity contribution in [1.82, 2.24) is 9.88 Å². The summed E-state index contributed by atoms with van der Waals surface area (Å²) in [5.74, 6) is -3.18. The minimum absolute atomic E-state index is 0.0300. The molecule has 11 nitrogen and oxygen atoms in total. The Labute approximate surface area is 259 Å². The number of imide groups is 1. The highest BCUT2D eigenvalue weighted by molar-refractivity contribution is 8.00. The van der Waals surface area contributed by atoms with Gasteiger partial charge >= 0.3 is 10.8 Å². The Hall–Kier alpha value is -4.10. The number of carbonyl (C=O) groups excluding carboxylic acids is 3. The van der Waals surface area contributed by atoms with Gasteiger partial charge in [0.1, 0.15) is 6.54 Å². The topological polar surface area (TPSA) is 155 Å². The van der Waals surface area contributed by atoms with Crippen LogP contribution in [0, 0.1) is 36.5 Å². The maximum absolute atomic E-state index is 13.4. The lowest BCUT2D eigenvalue weighted by Gasteiger charge is -2.43. The second-order valence-corrected chi connectivity index (χ2v) is 13.9. The molecular weight excluding hydrogens is 606 g/mol. The Morgan fingerprint density at radius 1 is 1.07 bits per heavy atom. The Morgan fingerprint density at radius 2 is 1.82 bits per heavy atom. The van der Waals surface area contributed by atoms with Crippen molar-refractivity contribution < 1.29 is 33.8 Å². The van der Waals surface area contributed by atoms with Gasteiger partial charge < -0.3 is 24.9 Å². The van der Waals surface area contributed by atoms with Crippen LogP contribution in [0.2, 0.25) is 0 Å². The molecule has 4 aliphatic rings. The largest absolute Gasteiger partial charge is 0.493 e. The van der Waals surface area contributed by atoms with E-state index in [-0.39, 0.29) is 46.3 Å². The number of fused-ring (bicyclic) bond motifs is 9. The number of methoxy groups -OCH3 is 1. The maximum atomic E-state index is 13.4. The van der Waals surface area contributed by atoms with Crippen molar-refractivity contribution >= 4 is 52.5 Å². The van der Waals surface area contributed by atoms with Crippen LogP contribution >= 0.6 is 23.1 Å². The van der Waals surface area contributed by atoms with Crippen molar-refractivity contribution in [2.45, 2.75) is 29.5 Å². The standard InChI is InChI=1S/C31H29N3O8S2/c1-13-5-3-4-6-17(13)32-20(35)12-42-18-8-7-14(9-19(18)41-2)22-23-15-10-16(26(23)43-28-27(22)44-31(40)33-28)25-24(15)29(38)34(30(25)39)11-21(36)37/h3-9,15-16,22-26H,10-12H2,1-2H3,(H,32,35)(H,33,40)(H,36,37)/t15?,16?,22-,23?,24?,25?,26?/m1/s1. The lowest BCUT2D eigenvalue weighted by atomic mass is 9.68. The van der Waals surface area contributed by atoms with E-state index in [1.807, 2.05) is 43.3 Å². The van der Waals surface area contributed by atoms with Crippen LogP contribution < -0.4 is 19.7 Å². The number of rotatable bonds is 8.